The third kappa shape index (κ3) is 3.96. The van der Waals surface area contributed by atoms with Crippen molar-refractivity contribution in [2.45, 2.75) is 18.7 Å². The molecule has 8 heteroatoms. The van der Waals surface area contributed by atoms with Gasteiger partial charge in [0, 0.05) is 11.4 Å². The molecule has 0 radical (unpaired) electrons. The van der Waals surface area contributed by atoms with E-state index in [9.17, 15) is 23.7 Å². The van der Waals surface area contributed by atoms with Crippen LogP contribution in [0.3, 0.4) is 0 Å². The Labute approximate surface area is 122 Å². The Morgan fingerprint density at radius 3 is 2.45 bits per heavy atom. The van der Waals surface area contributed by atoms with E-state index in [1.54, 1.807) is 0 Å². The molecule has 0 aliphatic carbocycles. The number of carbonyl (C=O) groups is 1. The minimum Gasteiger partial charge on any atom is -0.351 e. The van der Waals surface area contributed by atoms with Crippen LogP contribution in [0.2, 0.25) is 0 Å². The molecule has 1 amide bonds. The van der Waals surface area contributed by atoms with Crippen LogP contribution in [0, 0.1) is 27.7 Å². The highest BCUT2D eigenvalue weighted by Crippen LogP contribution is 2.22. The molecule has 1 aromatic carbocycles. The molecule has 0 heterocycles. The van der Waals surface area contributed by atoms with Gasteiger partial charge in [-0.2, -0.15) is 0 Å². The molecule has 0 spiro atoms. The predicted octanol–water partition coefficient (Wildman–Crippen LogP) is 3.02. The zero-order valence-electron chi connectivity index (χ0n) is 10.8. The summed E-state index contributed by atoms with van der Waals surface area (Å²) < 4.78 is 26.1. The SMILES string of the molecule is CC(C)C(Br)CNC(=O)c1cc(F)c(F)cc1[N+](=O)[O-]. The van der Waals surface area contributed by atoms with Crippen LogP contribution in [0.4, 0.5) is 14.5 Å². The predicted molar refractivity (Wildman–Crippen MR) is 72.9 cm³/mol. The van der Waals surface area contributed by atoms with Crippen molar-refractivity contribution >= 4 is 27.5 Å². The molecule has 0 saturated carbocycles. The standard InChI is InChI=1S/C12H13BrF2N2O3/c1-6(2)8(13)5-16-12(18)7-3-9(14)10(15)4-11(7)17(19)20/h3-4,6,8H,5H2,1-2H3,(H,16,18). The summed E-state index contributed by atoms with van der Waals surface area (Å²) in [5.41, 5.74) is -1.27. The van der Waals surface area contributed by atoms with Crippen LogP contribution in [-0.2, 0) is 0 Å². The van der Waals surface area contributed by atoms with Crippen molar-refractivity contribution in [2.75, 3.05) is 6.54 Å². The highest BCUT2D eigenvalue weighted by Gasteiger charge is 2.24. The molecule has 1 rings (SSSR count). The highest BCUT2D eigenvalue weighted by atomic mass is 79.9. The summed E-state index contributed by atoms with van der Waals surface area (Å²) in [5.74, 6) is -3.26. The summed E-state index contributed by atoms with van der Waals surface area (Å²) in [7, 11) is 0. The maximum Gasteiger partial charge on any atom is 0.285 e. The molecule has 0 saturated heterocycles. The van der Waals surface area contributed by atoms with E-state index in [1.165, 1.54) is 0 Å². The van der Waals surface area contributed by atoms with Gasteiger partial charge < -0.3 is 5.32 Å². The van der Waals surface area contributed by atoms with Crippen molar-refractivity contribution in [2.24, 2.45) is 5.92 Å². The summed E-state index contributed by atoms with van der Waals surface area (Å²) in [6, 6.07) is 0.930. The molecule has 0 aliphatic heterocycles. The summed E-state index contributed by atoms with van der Waals surface area (Å²) in [6.45, 7) is 4.06. The average molecular weight is 351 g/mol. The van der Waals surface area contributed by atoms with E-state index in [1.807, 2.05) is 13.8 Å². The average Bonchev–Trinajstić information content (AvgIpc) is 2.37. The largest absolute Gasteiger partial charge is 0.351 e. The molecule has 5 nitrogen and oxygen atoms in total. The first kappa shape index (κ1) is 16.5. The lowest BCUT2D eigenvalue weighted by Crippen LogP contribution is -2.32. The Morgan fingerprint density at radius 2 is 1.95 bits per heavy atom. The van der Waals surface area contributed by atoms with Crippen LogP contribution in [-0.4, -0.2) is 22.2 Å². The lowest BCUT2D eigenvalue weighted by Gasteiger charge is -2.14. The van der Waals surface area contributed by atoms with Gasteiger partial charge in [-0.05, 0) is 12.0 Å². The Morgan fingerprint density at radius 1 is 1.40 bits per heavy atom. The number of amides is 1. The number of alkyl halides is 1. The minimum atomic E-state index is -1.37. The van der Waals surface area contributed by atoms with Gasteiger partial charge in [0.2, 0.25) is 0 Å². The maximum atomic E-state index is 13.1. The van der Waals surface area contributed by atoms with Crippen molar-refractivity contribution in [3.8, 4) is 0 Å². The summed E-state index contributed by atoms with van der Waals surface area (Å²) in [4.78, 5) is 21.6. The molecule has 20 heavy (non-hydrogen) atoms. The van der Waals surface area contributed by atoms with Crippen molar-refractivity contribution in [3.63, 3.8) is 0 Å². The van der Waals surface area contributed by atoms with Crippen molar-refractivity contribution < 1.29 is 18.5 Å². The molecule has 1 unspecified atom stereocenters. The number of nitro groups is 1. The minimum absolute atomic E-state index is 0.0317. The molecule has 0 fully saturated rings. The summed E-state index contributed by atoms with van der Waals surface area (Å²) >= 11 is 3.33. The van der Waals surface area contributed by atoms with Crippen molar-refractivity contribution in [1.29, 1.82) is 0 Å². The van der Waals surface area contributed by atoms with E-state index in [0.717, 1.165) is 0 Å². The van der Waals surface area contributed by atoms with Crippen molar-refractivity contribution in [3.05, 3.63) is 39.4 Å². The number of carbonyl (C=O) groups excluding carboxylic acids is 1. The second kappa shape index (κ2) is 6.74. The van der Waals surface area contributed by atoms with E-state index < -0.39 is 33.7 Å². The first-order valence-corrected chi connectivity index (χ1v) is 6.71. The quantitative estimate of drug-likeness (QED) is 0.504. The van der Waals surface area contributed by atoms with Crippen LogP contribution >= 0.6 is 15.9 Å². The number of nitro benzene ring substituents is 1. The highest BCUT2D eigenvalue weighted by molar-refractivity contribution is 9.09. The zero-order chi connectivity index (χ0) is 15.4. The lowest BCUT2D eigenvalue weighted by molar-refractivity contribution is -0.385. The first-order chi connectivity index (χ1) is 9.23. The number of hydrogen-bond acceptors (Lipinski definition) is 3. The Bertz CT molecular complexity index is 538. The smallest absolute Gasteiger partial charge is 0.285 e. The van der Waals surface area contributed by atoms with Crippen molar-refractivity contribution in [1.82, 2.24) is 5.32 Å². The van der Waals surface area contributed by atoms with Crippen LogP contribution < -0.4 is 5.32 Å². The van der Waals surface area contributed by atoms with Gasteiger partial charge in [-0.1, -0.05) is 29.8 Å². The van der Waals surface area contributed by atoms with Crippen LogP contribution in [0.1, 0.15) is 24.2 Å². The third-order valence-corrected chi connectivity index (χ3v) is 4.04. The van der Waals surface area contributed by atoms with Crippen LogP contribution in [0.5, 0.6) is 0 Å². The molecule has 1 atom stereocenters. The van der Waals surface area contributed by atoms with Gasteiger partial charge >= 0.3 is 0 Å². The third-order valence-electron chi connectivity index (χ3n) is 2.66. The second-order valence-corrected chi connectivity index (χ2v) is 5.69. The number of hydrogen-bond donors (Lipinski definition) is 1. The van der Waals surface area contributed by atoms with E-state index >= 15 is 0 Å². The fraction of sp³-hybridized carbons (Fsp3) is 0.417. The van der Waals surface area contributed by atoms with Crippen LogP contribution in [0.15, 0.2) is 12.1 Å². The molecule has 1 N–H and O–H groups in total. The number of halogens is 3. The summed E-state index contributed by atoms with van der Waals surface area (Å²) in [5, 5.41) is 13.2. The molecule has 0 aliphatic rings. The number of nitrogens with one attached hydrogen (secondary N) is 1. The van der Waals surface area contributed by atoms with Gasteiger partial charge in [0.15, 0.2) is 11.6 Å². The first-order valence-electron chi connectivity index (χ1n) is 5.79. The van der Waals surface area contributed by atoms with Crippen LogP contribution in [0.25, 0.3) is 0 Å². The Kier molecular flexibility index (Phi) is 5.55. The fourth-order valence-electron chi connectivity index (χ4n) is 1.39. The summed E-state index contributed by atoms with van der Waals surface area (Å²) in [6.07, 6.45) is 0. The van der Waals surface area contributed by atoms with E-state index in [-0.39, 0.29) is 17.3 Å². The van der Waals surface area contributed by atoms with Gasteiger partial charge in [0.25, 0.3) is 11.6 Å². The van der Waals surface area contributed by atoms with E-state index in [2.05, 4.69) is 21.2 Å². The zero-order valence-corrected chi connectivity index (χ0v) is 12.4. The normalized spacial score (nSPS) is 12.3. The van der Waals surface area contributed by atoms with E-state index in [0.29, 0.717) is 12.1 Å². The topological polar surface area (TPSA) is 72.2 Å². The second-order valence-electron chi connectivity index (χ2n) is 4.51. The molecule has 1 aromatic rings. The Hall–Kier alpha value is -1.57. The Balaban J connectivity index is 2.98. The van der Waals surface area contributed by atoms with Gasteiger partial charge in [0.05, 0.1) is 11.0 Å². The molecule has 110 valence electrons. The molecule has 0 aromatic heterocycles. The molecule has 0 bridgehead atoms. The van der Waals surface area contributed by atoms with Gasteiger partial charge in [-0.15, -0.1) is 0 Å². The number of nitrogens with zero attached hydrogens (tertiary/aromatic N) is 1. The monoisotopic (exact) mass is 350 g/mol. The van der Waals surface area contributed by atoms with Gasteiger partial charge in [-0.25, -0.2) is 8.78 Å². The number of rotatable bonds is 5. The lowest BCUT2D eigenvalue weighted by atomic mass is 10.1. The van der Waals surface area contributed by atoms with Gasteiger partial charge in [0.1, 0.15) is 5.56 Å². The fourth-order valence-corrected chi connectivity index (χ4v) is 1.55. The maximum absolute atomic E-state index is 13.1. The number of benzene rings is 1. The molecular weight excluding hydrogens is 338 g/mol. The molecular formula is C12H13BrF2N2O3. The van der Waals surface area contributed by atoms with E-state index in [4.69, 9.17) is 0 Å². The van der Waals surface area contributed by atoms with Gasteiger partial charge in [-0.3, -0.25) is 14.9 Å².